The fourth-order valence-electron chi connectivity index (χ4n) is 3.59. The summed E-state index contributed by atoms with van der Waals surface area (Å²) in [4.78, 5) is 16.7. The van der Waals surface area contributed by atoms with Gasteiger partial charge in [-0.15, -0.1) is 0 Å². The van der Waals surface area contributed by atoms with Gasteiger partial charge in [0.25, 0.3) is 0 Å². The van der Waals surface area contributed by atoms with Crippen LogP contribution in [-0.2, 0) is 24.2 Å². The van der Waals surface area contributed by atoms with Crippen molar-refractivity contribution in [3.63, 3.8) is 0 Å². The molecule has 4 rings (SSSR count). The van der Waals surface area contributed by atoms with Crippen LogP contribution >= 0.6 is 0 Å². The minimum Gasteiger partial charge on any atom is -0.351 e. The minimum atomic E-state index is 0.0671. The molecule has 3 heterocycles. The number of carbonyl (C=O) groups excluding carboxylic acids is 1. The van der Waals surface area contributed by atoms with Crippen LogP contribution in [0.25, 0.3) is 5.69 Å². The molecule has 1 aliphatic rings. The second-order valence-corrected chi connectivity index (χ2v) is 6.98. The Morgan fingerprint density at radius 3 is 2.81 bits per heavy atom. The van der Waals surface area contributed by atoms with Gasteiger partial charge in [-0.05, 0) is 44.0 Å². The quantitative estimate of drug-likeness (QED) is 0.786. The molecule has 2 aromatic heterocycles. The lowest BCUT2D eigenvalue weighted by atomic mass is 10.1. The molecule has 6 heteroatoms. The van der Waals surface area contributed by atoms with Crippen molar-refractivity contribution in [3.05, 3.63) is 65.5 Å². The highest BCUT2D eigenvalue weighted by molar-refractivity contribution is 5.78. The van der Waals surface area contributed by atoms with Gasteiger partial charge in [-0.1, -0.05) is 12.1 Å². The third-order valence-electron chi connectivity index (χ3n) is 4.86. The fraction of sp³-hybridized carbons (Fsp3) is 0.350. The molecule has 26 heavy (non-hydrogen) atoms. The number of hydrogen-bond donors (Lipinski definition) is 1. The lowest BCUT2D eigenvalue weighted by Crippen LogP contribution is -2.41. The molecule has 1 unspecified atom stereocenters. The maximum atomic E-state index is 12.4. The molecule has 0 saturated heterocycles. The minimum absolute atomic E-state index is 0.0671. The number of carbonyl (C=O) groups is 1. The predicted molar refractivity (Wildman–Crippen MR) is 99.2 cm³/mol. The second-order valence-electron chi connectivity index (χ2n) is 6.98. The first kappa shape index (κ1) is 16.6. The van der Waals surface area contributed by atoms with E-state index in [2.05, 4.69) is 26.0 Å². The van der Waals surface area contributed by atoms with Crippen LogP contribution in [0.1, 0.15) is 29.2 Å². The van der Waals surface area contributed by atoms with Gasteiger partial charge in [-0.2, -0.15) is 5.10 Å². The molecule has 1 aliphatic heterocycles. The Hall–Kier alpha value is -2.89. The van der Waals surface area contributed by atoms with Crippen molar-refractivity contribution in [2.45, 2.75) is 45.7 Å². The fourth-order valence-corrected chi connectivity index (χ4v) is 3.59. The van der Waals surface area contributed by atoms with Gasteiger partial charge in [0.05, 0.1) is 17.8 Å². The number of aromatic nitrogens is 4. The van der Waals surface area contributed by atoms with Gasteiger partial charge >= 0.3 is 0 Å². The summed E-state index contributed by atoms with van der Waals surface area (Å²) in [5.41, 5.74) is 4.12. The summed E-state index contributed by atoms with van der Waals surface area (Å²) in [6.07, 6.45) is 6.05. The Kier molecular flexibility index (Phi) is 4.32. The van der Waals surface area contributed by atoms with Crippen molar-refractivity contribution in [2.75, 3.05) is 0 Å². The Morgan fingerprint density at radius 1 is 1.27 bits per heavy atom. The number of amides is 1. The van der Waals surface area contributed by atoms with Crippen molar-refractivity contribution in [1.29, 1.82) is 0 Å². The molecular formula is C20H23N5O. The second kappa shape index (κ2) is 6.78. The van der Waals surface area contributed by atoms with Crippen LogP contribution < -0.4 is 5.32 Å². The smallest absolute Gasteiger partial charge is 0.224 e. The van der Waals surface area contributed by atoms with Crippen LogP contribution in [0.15, 0.2) is 42.7 Å². The summed E-state index contributed by atoms with van der Waals surface area (Å²) in [5, 5.41) is 7.64. The van der Waals surface area contributed by atoms with Crippen LogP contribution in [0.5, 0.6) is 0 Å². The monoisotopic (exact) mass is 349 g/mol. The number of imidazole rings is 1. The number of rotatable bonds is 4. The summed E-state index contributed by atoms with van der Waals surface area (Å²) in [5.74, 6) is 1.17. The third kappa shape index (κ3) is 3.40. The molecule has 1 atom stereocenters. The van der Waals surface area contributed by atoms with E-state index in [0.717, 1.165) is 47.8 Å². The lowest BCUT2D eigenvalue weighted by Gasteiger charge is -2.24. The number of nitrogens with zero attached hydrogens (tertiary/aromatic N) is 4. The van der Waals surface area contributed by atoms with Gasteiger partial charge in [0.2, 0.25) is 5.91 Å². The van der Waals surface area contributed by atoms with Gasteiger partial charge in [0, 0.05) is 37.1 Å². The van der Waals surface area contributed by atoms with Crippen molar-refractivity contribution >= 4 is 5.91 Å². The highest BCUT2D eigenvalue weighted by atomic mass is 16.1. The summed E-state index contributed by atoms with van der Waals surface area (Å²) in [7, 11) is 0. The Morgan fingerprint density at radius 2 is 2.08 bits per heavy atom. The number of nitrogens with one attached hydrogen (secondary N) is 1. The van der Waals surface area contributed by atoms with E-state index in [9.17, 15) is 4.79 Å². The number of benzene rings is 1. The van der Waals surface area contributed by atoms with Gasteiger partial charge in [-0.3, -0.25) is 4.79 Å². The number of fused-ring (bicyclic) bond motifs is 1. The van der Waals surface area contributed by atoms with Crippen LogP contribution in [0.3, 0.4) is 0 Å². The average molecular weight is 349 g/mol. The van der Waals surface area contributed by atoms with Gasteiger partial charge in [0.1, 0.15) is 5.82 Å². The van der Waals surface area contributed by atoms with E-state index in [1.807, 2.05) is 55.2 Å². The zero-order valence-electron chi connectivity index (χ0n) is 15.1. The molecule has 0 spiro atoms. The van der Waals surface area contributed by atoms with Gasteiger partial charge in [-0.25, -0.2) is 9.67 Å². The largest absolute Gasteiger partial charge is 0.351 e. The number of hydrogen-bond acceptors (Lipinski definition) is 3. The molecule has 134 valence electrons. The third-order valence-corrected chi connectivity index (χ3v) is 4.86. The summed E-state index contributed by atoms with van der Waals surface area (Å²) in [6, 6.07) is 10.3. The molecule has 3 aromatic rings. The average Bonchev–Trinajstić information content (AvgIpc) is 3.21. The SMILES string of the molecule is Cc1cc(C)n(-c2ccc(CC(=O)NC3CCc4nccn4C3)cc2)n1. The first-order valence-electron chi connectivity index (χ1n) is 9.00. The topological polar surface area (TPSA) is 64.7 Å². The first-order chi connectivity index (χ1) is 12.6. The number of aryl methyl sites for hydroxylation is 3. The van der Waals surface area contributed by atoms with Crippen molar-refractivity contribution in [1.82, 2.24) is 24.6 Å². The van der Waals surface area contributed by atoms with Crippen LogP contribution in [0.4, 0.5) is 0 Å². The van der Waals surface area contributed by atoms with Crippen LogP contribution in [0, 0.1) is 13.8 Å². The molecule has 1 N–H and O–H groups in total. The van der Waals surface area contributed by atoms with Crippen molar-refractivity contribution < 1.29 is 4.79 Å². The zero-order valence-corrected chi connectivity index (χ0v) is 15.1. The Balaban J connectivity index is 1.37. The van der Waals surface area contributed by atoms with E-state index in [1.54, 1.807) is 0 Å². The lowest BCUT2D eigenvalue weighted by molar-refractivity contribution is -0.121. The molecule has 0 bridgehead atoms. The molecule has 0 radical (unpaired) electrons. The maximum absolute atomic E-state index is 12.4. The van der Waals surface area contributed by atoms with Gasteiger partial charge < -0.3 is 9.88 Å². The summed E-state index contributed by atoms with van der Waals surface area (Å²) < 4.78 is 4.04. The molecular weight excluding hydrogens is 326 g/mol. The Labute approximate surface area is 152 Å². The van der Waals surface area contributed by atoms with Crippen LogP contribution in [0.2, 0.25) is 0 Å². The highest BCUT2D eigenvalue weighted by Crippen LogP contribution is 2.15. The molecule has 6 nitrogen and oxygen atoms in total. The van der Waals surface area contributed by atoms with E-state index < -0.39 is 0 Å². The van der Waals surface area contributed by atoms with Crippen molar-refractivity contribution in [2.24, 2.45) is 0 Å². The molecule has 0 aliphatic carbocycles. The molecule has 0 saturated carbocycles. The maximum Gasteiger partial charge on any atom is 0.224 e. The van der Waals surface area contributed by atoms with Gasteiger partial charge in [0.15, 0.2) is 0 Å². The van der Waals surface area contributed by atoms with E-state index in [1.165, 1.54) is 0 Å². The standard InChI is InChI=1S/C20H23N5O/c1-14-11-15(2)25(23-14)18-6-3-16(4-7-18)12-20(26)22-17-5-8-19-21-9-10-24(19)13-17/h3-4,6-7,9-11,17H,5,8,12-13H2,1-2H3,(H,22,26). The van der Waals surface area contributed by atoms with E-state index in [0.29, 0.717) is 6.42 Å². The zero-order chi connectivity index (χ0) is 18.1. The van der Waals surface area contributed by atoms with E-state index in [-0.39, 0.29) is 11.9 Å². The summed E-state index contributed by atoms with van der Waals surface area (Å²) >= 11 is 0. The van der Waals surface area contributed by atoms with Crippen molar-refractivity contribution in [3.8, 4) is 5.69 Å². The molecule has 0 fully saturated rings. The van der Waals surface area contributed by atoms with E-state index >= 15 is 0 Å². The highest BCUT2D eigenvalue weighted by Gasteiger charge is 2.20. The van der Waals surface area contributed by atoms with E-state index in [4.69, 9.17) is 0 Å². The molecule has 1 aromatic carbocycles. The first-order valence-corrected chi connectivity index (χ1v) is 9.00. The summed E-state index contributed by atoms with van der Waals surface area (Å²) in [6.45, 7) is 4.83. The van der Waals surface area contributed by atoms with Crippen LogP contribution in [-0.4, -0.2) is 31.3 Å². The predicted octanol–water partition coefficient (Wildman–Crippen LogP) is 2.36. The molecule has 1 amide bonds. The normalized spacial score (nSPS) is 16.3. The Bertz CT molecular complexity index is 922.